The summed E-state index contributed by atoms with van der Waals surface area (Å²) in [7, 11) is 1.27. The molecule has 1 aliphatic carbocycles. The first-order valence-electron chi connectivity index (χ1n) is 6.17. The smallest absolute Gasteiger partial charge is 0.315 e. The fourth-order valence-corrected chi connectivity index (χ4v) is 2.22. The second-order valence-electron chi connectivity index (χ2n) is 4.49. The lowest BCUT2D eigenvalue weighted by atomic mass is 9.91. The average molecular weight is 247 g/mol. The Morgan fingerprint density at radius 2 is 1.94 bits per heavy atom. The molecule has 1 amide bonds. The van der Waals surface area contributed by atoms with Crippen LogP contribution in [0.4, 0.5) is 5.69 Å². The first-order valence-corrected chi connectivity index (χ1v) is 6.17. The highest BCUT2D eigenvalue weighted by molar-refractivity contribution is 6.01. The topological polar surface area (TPSA) is 55.4 Å². The van der Waals surface area contributed by atoms with Crippen molar-refractivity contribution < 1.29 is 14.3 Å². The Balaban J connectivity index is 2.01. The third-order valence-corrected chi connectivity index (χ3v) is 3.16. The maximum absolute atomic E-state index is 11.5. The quantitative estimate of drug-likeness (QED) is 0.657. The number of ether oxygens (including phenoxy) is 1. The second kappa shape index (κ2) is 5.67. The Bertz CT molecular complexity index is 468. The number of hydrogen-bond donors (Lipinski definition) is 1. The van der Waals surface area contributed by atoms with E-state index in [9.17, 15) is 9.59 Å². The number of nitrogens with one attached hydrogen (secondary N) is 1. The predicted octanol–water partition coefficient (Wildman–Crippen LogP) is 2.07. The summed E-state index contributed by atoms with van der Waals surface area (Å²) in [5.41, 5.74) is 3.42. The molecule has 0 fully saturated rings. The summed E-state index contributed by atoms with van der Waals surface area (Å²) in [5, 5.41) is 2.72. The summed E-state index contributed by atoms with van der Waals surface area (Å²) in [6.07, 6.45) is 4.38. The maximum atomic E-state index is 11.5. The van der Waals surface area contributed by atoms with Gasteiger partial charge in [-0.1, -0.05) is 6.07 Å². The minimum atomic E-state index is -0.523. The average Bonchev–Trinajstić information content (AvgIpc) is 2.38. The van der Waals surface area contributed by atoms with E-state index >= 15 is 0 Å². The van der Waals surface area contributed by atoms with Crippen LogP contribution in [0.1, 0.15) is 30.4 Å². The van der Waals surface area contributed by atoms with Crippen LogP contribution in [0.2, 0.25) is 0 Å². The zero-order chi connectivity index (χ0) is 13.0. The first kappa shape index (κ1) is 12.6. The highest BCUT2D eigenvalue weighted by Crippen LogP contribution is 2.24. The van der Waals surface area contributed by atoms with Gasteiger partial charge < -0.3 is 10.1 Å². The Labute approximate surface area is 106 Å². The molecule has 0 radical (unpaired) electrons. The minimum Gasteiger partial charge on any atom is -0.469 e. The molecule has 4 nitrogen and oxygen atoms in total. The molecule has 0 aliphatic heterocycles. The fourth-order valence-electron chi connectivity index (χ4n) is 2.22. The van der Waals surface area contributed by atoms with E-state index in [4.69, 9.17) is 0 Å². The van der Waals surface area contributed by atoms with Crippen LogP contribution in [0, 0.1) is 0 Å². The van der Waals surface area contributed by atoms with Crippen LogP contribution in [0.3, 0.4) is 0 Å². The maximum Gasteiger partial charge on any atom is 0.315 e. The van der Waals surface area contributed by atoms with Gasteiger partial charge in [0, 0.05) is 5.69 Å². The van der Waals surface area contributed by atoms with E-state index in [1.165, 1.54) is 31.1 Å². The molecule has 4 heteroatoms. The Hall–Kier alpha value is -1.84. The SMILES string of the molecule is COC(=O)CC(=O)Nc1ccc2c(c1)CCCC2. The minimum absolute atomic E-state index is 0.242. The molecule has 0 spiro atoms. The van der Waals surface area contributed by atoms with E-state index in [-0.39, 0.29) is 12.3 Å². The molecule has 0 aromatic heterocycles. The van der Waals surface area contributed by atoms with E-state index in [2.05, 4.69) is 16.1 Å². The molecule has 1 aromatic carbocycles. The molecule has 0 heterocycles. The number of anilines is 1. The van der Waals surface area contributed by atoms with E-state index < -0.39 is 5.97 Å². The molecule has 0 atom stereocenters. The van der Waals surface area contributed by atoms with Gasteiger partial charge in [0.05, 0.1) is 7.11 Å². The number of rotatable bonds is 3. The molecule has 0 saturated heterocycles. The third-order valence-electron chi connectivity index (χ3n) is 3.16. The van der Waals surface area contributed by atoms with Crippen molar-refractivity contribution in [2.75, 3.05) is 12.4 Å². The Kier molecular flexibility index (Phi) is 3.97. The number of amides is 1. The van der Waals surface area contributed by atoms with Gasteiger partial charge in [-0.2, -0.15) is 0 Å². The number of methoxy groups -OCH3 is 1. The highest BCUT2D eigenvalue weighted by atomic mass is 16.5. The molecule has 0 saturated carbocycles. The Morgan fingerprint density at radius 1 is 1.22 bits per heavy atom. The van der Waals surface area contributed by atoms with Crippen molar-refractivity contribution in [2.45, 2.75) is 32.1 Å². The lowest BCUT2D eigenvalue weighted by molar-refractivity contribution is -0.142. The van der Waals surface area contributed by atoms with Crippen LogP contribution in [0.5, 0.6) is 0 Å². The van der Waals surface area contributed by atoms with Crippen molar-refractivity contribution in [3.63, 3.8) is 0 Å². The largest absolute Gasteiger partial charge is 0.469 e. The molecule has 2 rings (SSSR count). The van der Waals surface area contributed by atoms with Gasteiger partial charge in [-0.3, -0.25) is 9.59 Å². The normalized spacial score (nSPS) is 13.6. The van der Waals surface area contributed by atoms with Gasteiger partial charge >= 0.3 is 5.97 Å². The van der Waals surface area contributed by atoms with Gasteiger partial charge in [0.25, 0.3) is 0 Å². The molecular weight excluding hydrogens is 230 g/mol. The van der Waals surface area contributed by atoms with Crippen LogP contribution in [0.15, 0.2) is 18.2 Å². The van der Waals surface area contributed by atoms with Crippen molar-refractivity contribution in [3.8, 4) is 0 Å². The van der Waals surface area contributed by atoms with Crippen LogP contribution in [-0.2, 0) is 27.2 Å². The van der Waals surface area contributed by atoms with Gasteiger partial charge in [0.2, 0.25) is 5.91 Å². The van der Waals surface area contributed by atoms with Crippen molar-refractivity contribution in [2.24, 2.45) is 0 Å². The van der Waals surface area contributed by atoms with E-state index in [1.54, 1.807) is 0 Å². The number of hydrogen-bond acceptors (Lipinski definition) is 3. The number of fused-ring (bicyclic) bond motifs is 1. The van der Waals surface area contributed by atoms with Gasteiger partial charge in [0.1, 0.15) is 6.42 Å². The summed E-state index contributed by atoms with van der Waals surface area (Å²) < 4.78 is 4.45. The molecule has 96 valence electrons. The zero-order valence-corrected chi connectivity index (χ0v) is 10.5. The van der Waals surface area contributed by atoms with Crippen LogP contribution >= 0.6 is 0 Å². The second-order valence-corrected chi connectivity index (χ2v) is 4.49. The van der Waals surface area contributed by atoms with E-state index in [1.807, 2.05) is 12.1 Å². The molecule has 0 bridgehead atoms. The molecular formula is C14H17NO3. The number of carbonyl (C=O) groups is 2. The van der Waals surface area contributed by atoms with E-state index in [0.717, 1.165) is 18.5 Å². The lowest BCUT2D eigenvalue weighted by Gasteiger charge is -2.16. The summed E-state index contributed by atoms with van der Waals surface area (Å²) >= 11 is 0. The van der Waals surface area contributed by atoms with Gasteiger partial charge in [0.15, 0.2) is 0 Å². The fraction of sp³-hybridized carbons (Fsp3) is 0.429. The summed E-state index contributed by atoms with van der Waals surface area (Å²) in [6, 6.07) is 5.95. The summed E-state index contributed by atoms with van der Waals surface area (Å²) in [6.45, 7) is 0. The van der Waals surface area contributed by atoms with Crippen molar-refractivity contribution in [1.82, 2.24) is 0 Å². The molecule has 1 aromatic rings. The van der Waals surface area contributed by atoms with Gasteiger partial charge in [-0.25, -0.2) is 0 Å². The van der Waals surface area contributed by atoms with Gasteiger partial charge in [-0.15, -0.1) is 0 Å². The molecule has 1 N–H and O–H groups in total. The molecule has 0 unspecified atom stereocenters. The zero-order valence-electron chi connectivity index (χ0n) is 10.5. The van der Waals surface area contributed by atoms with Gasteiger partial charge in [-0.05, 0) is 48.9 Å². The van der Waals surface area contributed by atoms with Crippen molar-refractivity contribution >= 4 is 17.6 Å². The van der Waals surface area contributed by atoms with Crippen LogP contribution in [0.25, 0.3) is 0 Å². The number of carbonyl (C=O) groups excluding carboxylic acids is 2. The van der Waals surface area contributed by atoms with E-state index in [0.29, 0.717) is 0 Å². The highest BCUT2D eigenvalue weighted by Gasteiger charge is 2.12. The van der Waals surface area contributed by atoms with Crippen molar-refractivity contribution in [3.05, 3.63) is 29.3 Å². The monoisotopic (exact) mass is 247 g/mol. The van der Waals surface area contributed by atoms with Crippen molar-refractivity contribution in [1.29, 1.82) is 0 Å². The first-order chi connectivity index (χ1) is 8.69. The number of benzene rings is 1. The van der Waals surface area contributed by atoms with Crippen LogP contribution < -0.4 is 5.32 Å². The third kappa shape index (κ3) is 3.09. The summed E-state index contributed by atoms with van der Waals surface area (Å²) in [5.74, 6) is -0.858. The molecule has 1 aliphatic rings. The predicted molar refractivity (Wildman–Crippen MR) is 68.3 cm³/mol. The number of esters is 1. The van der Waals surface area contributed by atoms with Crippen LogP contribution in [-0.4, -0.2) is 19.0 Å². The summed E-state index contributed by atoms with van der Waals surface area (Å²) in [4.78, 5) is 22.5. The molecule has 18 heavy (non-hydrogen) atoms. The number of aryl methyl sites for hydroxylation is 2. The lowest BCUT2D eigenvalue weighted by Crippen LogP contribution is -2.17. The Morgan fingerprint density at radius 3 is 2.67 bits per heavy atom. The standard InChI is InChI=1S/C14H17NO3/c1-18-14(17)9-13(16)15-12-7-6-10-4-2-3-5-11(10)8-12/h6-8H,2-5,9H2,1H3,(H,15,16).